The summed E-state index contributed by atoms with van der Waals surface area (Å²) in [5, 5.41) is 4.66. The molecule has 0 atom stereocenters. The van der Waals surface area contributed by atoms with Crippen molar-refractivity contribution in [3.63, 3.8) is 0 Å². The first-order valence-corrected chi connectivity index (χ1v) is 7.00. The molecule has 1 amide bonds. The van der Waals surface area contributed by atoms with Gasteiger partial charge in [0.15, 0.2) is 0 Å². The summed E-state index contributed by atoms with van der Waals surface area (Å²) in [4.78, 5) is 12.5. The van der Waals surface area contributed by atoms with Crippen molar-refractivity contribution in [1.82, 2.24) is 5.32 Å². The van der Waals surface area contributed by atoms with E-state index in [1.54, 1.807) is 29.5 Å². The molecule has 0 aliphatic rings. The van der Waals surface area contributed by atoms with E-state index in [9.17, 15) is 9.18 Å². The van der Waals surface area contributed by atoms with Gasteiger partial charge in [-0.15, -0.1) is 11.3 Å². The minimum absolute atomic E-state index is 0.166. The highest BCUT2D eigenvalue weighted by molar-refractivity contribution is 7.10. The molecule has 0 aliphatic heterocycles. The maximum Gasteiger partial charge on any atom is 0.244 e. The Labute approximate surface area is 120 Å². The van der Waals surface area contributed by atoms with E-state index in [0.29, 0.717) is 18.9 Å². The number of nitrogens with one attached hydrogen (secondary N) is 1. The Kier molecular flexibility index (Phi) is 5.32. The molecule has 104 valence electrons. The molecular formula is C15H14FNO2S. The van der Waals surface area contributed by atoms with E-state index in [2.05, 4.69) is 5.32 Å². The summed E-state index contributed by atoms with van der Waals surface area (Å²) in [6.07, 6.45) is 3.25. The van der Waals surface area contributed by atoms with Crippen molar-refractivity contribution in [2.24, 2.45) is 0 Å². The molecule has 0 saturated heterocycles. The zero-order valence-electron chi connectivity index (χ0n) is 10.7. The van der Waals surface area contributed by atoms with E-state index in [1.807, 2.05) is 17.5 Å². The van der Waals surface area contributed by atoms with Gasteiger partial charge in [-0.25, -0.2) is 4.39 Å². The number of rotatable bonds is 6. The van der Waals surface area contributed by atoms with Crippen LogP contribution in [0.3, 0.4) is 0 Å². The summed E-state index contributed by atoms with van der Waals surface area (Å²) < 4.78 is 18.0. The summed E-state index contributed by atoms with van der Waals surface area (Å²) >= 11 is 1.57. The topological polar surface area (TPSA) is 38.3 Å². The summed E-state index contributed by atoms with van der Waals surface area (Å²) in [6.45, 7) is 0.731. The average Bonchev–Trinajstić information content (AvgIpc) is 2.96. The fourth-order valence-corrected chi connectivity index (χ4v) is 2.09. The fraction of sp³-hybridized carbons (Fsp3) is 0.133. The van der Waals surface area contributed by atoms with Crippen LogP contribution in [0.5, 0.6) is 5.75 Å². The minimum atomic E-state index is -0.302. The van der Waals surface area contributed by atoms with Crippen LogP contribution in [0.4, 0.5) is 4.39 Å². The van der Waals surface area contributed by atoms with Gasteiger partial charge in [-0.3, -0.25) is 4.79 Å². The summed E-state index contributed by atoms with van der Waals surface area (Å²) in [6, 6.07) is 9.63. The predicted molar refractivity (Wildman–Crippen MR) is 78.3 cm³/mol. The number of ether oxygens (including phenoxy) is 1. The van der Waals surface area contributed by atoms with E-state index < -0.39 is 0 Å². The second-order valence-electron chi connectivity index (χ2n) is 3.94. The average molecular weight is 291 g/mol. The predicted octanol–water partition coefficient (Wildman–Crippen LogP) is 3.10. The van der Waals surface area contributed by atoms with Gasteiger partial charge in [0.25, 0.3) is 0 Å². The molecule has 3 nitrogen and oxygen atoms in total. The van der Waals surface area contributed by atoms with Crippen LogP contribution in [0.1, 0.15) is 4.88 Å². The summed E-state index contributed by atoms with van der Waals surface area (Å²) in [5.74, 6) is 0.111. The highest BCUT2D eigenvalue weighted by Crippen LogP contribution is 2.11. The first-order chi connectivity index (χ1) is 9.74. The van der Waals surface area contributed by atoms with Crippen LogP contribution >= 0.6 is 11.3 Å². The van der Waals surface area contributed by atoms with Gasteiger partial charge in [0.2, 0.25) is 5.91 Å². The van der Waals surface area contributed by atoms with Gasteiger partial charge in [0.05, 0.1) is 6.54 Å². The molecule has 0 saturated carbocycles. The van der Waals surface area contributed by atoms with E-state index >= 15 is 0 Å². The van der Waals surface area contributed by atoms with E-state index in [1.165, 1.54) is 18.2 Å². The van der Waals surface area contributed by atoms with Crippen LogP contribution in [-0.2, 0) is 4.79 Å². The molecular weight excluding hydrogens is 277 g/mol. The third-order valence-corrected chi connectivity index (χ3v) is 3.26. The lowest BCUT2D eigenvalue weighted by Crippen LogP contribution is -2.26. The molecule has 2 aromatic rings. The lowest BCUT2D eigenvalue weighted by molar-refractivity contribution is -0.116. The highest BCUT2D eigenvalue weighted by atomic mass is 32.1. The van der Waals surface area contributed by atoms with Gasteiger partial charge >= 0.3 is 0 Å². The van der Waals surface area contributed by atoms with Gasteiger partial charge in [-0.05, 0) is 41.8 Å². The normalized spacial score (nSPS) is 10.7. The van der Waals surface area contributed by atoms with E-state index in [-0.39, 0.29) is 11.7 Å². The Balaban J connectivity index is 1.65. The smallest absolute Gasteiger partial charge is 0.244 e. The van der Waals surface area contributed by atoms with Gasteiger partial charge in [0, 0.05) is 11.0 Å². The number of amides is 1. The van der Waals surface area contributed by atoms with Crippen molar-refractivity contribution in [3.05, 3.63) is 58.5 Å². The van der Waals surface area contributed by atoms with Crippen molar-refractivity contribution in [3.8, 4) is 5.75 Å². The number of hydrogen-bond donors (Lipinski definition) is 1. The largest absolute Gasteiger partial charge is 0.492 e. The van der Waals surface area contributed by atoms with Gasteiger partial charge < -0.3 is 10.1 Å². The first kappa shape index (κ1) is 14.3. The highest BCUT2D eigenvalue weighted by Gasteiger charge is 1.97. The molecule has 1 aromatic carbocycles. The van der Waals surface area contributed by atoms with E-state index in [4.69, 9.17) is 4.74 Å². The third-order valence-electron chi connectivity index (χ3n) is 2.43. The monoisotopic (exact) mass is 291 g/mol. The molecule has 2 rings (SSSR count). The SMILES string of the molecule is O=C(/C=C/c1cccs1)NCCOc1ccc(F)cc1. The van der Waals surface area contributed by atoms with Crippen molar-refractivity contribution in [2.75, 3.05) is 13.2 Å². The molecule has 0 radical (unpaired) electrons. The Hall–Kier alpha value is -2.14. The Morgan fingerprint density at radius 3 is 2.80 bits per heavy atom. The Bertz CT molecular complexity index is 564. The Morgan fingerprint density at radius 2 is 2.10 bits per heavy atom. The van der Waals surface area contributed by atoms with Gasteiger partial charge in [0.1, 0.15) is 18.2 Å². The minimum Gasteiger partial charge on any atom is -0.492 e. The van der Waals surface area contributed by atoms with Crippen LogP contribution < -0.4 is 10.1 Å². The van der Waals surface area contributed by atoms with Crippen molar-refractivity contribution in [1.29, 1.82) is 0 Å². The van der Waals surface area contributed by atoms with Gasteiger partial charge in [-0.2, -0.15) is 0 Å². The van der Waals surface area contributed by atoms with Crippen LogP contribution in [0.15, 0.2) is 47.9 Å². The maximum absolute atomic E-state index is 12.7. The number of hydrogen-bond acceptors (Lipinski definition) is 3. The molecule has 5 heteroatoms. The summed E-state index contributed by atoms with van der Waals surface area (Å²) in [5.41, 5.74) is 0. The molecule has 0 unspecified atom stereocenters. The number of benzene rings is 1. The second kappa shape index (κ2) is 7.45. The number of halogens is 1. The fourth-order valence-electron chi connectivity index (χ4n) is 1.48. The third kappa shape index (κ3) is 4.85. The molecule has 0 spiro atoms. The number of thiophene rings is 1. The molecule has 0 aliphatic carbocycles. The molecule has 20 heavy (non-hydrogen) atoms. The molecule has 1 N–H and O–H groups in total. The summed E-state index contributed by atoms with van der Waals surface area (Å²) in [7, 11) is 0. The first-order valence-electron chi connectivity index (χ1n) is 6.12. The molecule has 0 fully saturated rings. The van der Waals surface area contributed by atoms with Crippen LogP contribution in [0.25, 0.3) is 6.08 Å². The zero-order chi connectivity index (χ0) is 14.2. The standard InChI is InChI=1S/C15H14FNO2S/c16-12-3-5-13(6-4-12)19-10-9-17-15(18)8-7-14-2-1-11-20-14/h1-8,11H,9-10H2,(H,17,18)/b8-7+. The number of carbonyl (C=O) groups is 1. The zero-order valence-corrected chi connectivity index (χ0v) is 11.5. The maximum atomic E-state index is 12.7. The molecule has 0 bridgehead atoms. The van der Waals surface area contributed by atoms with Crippen molar-refractivity contribution >= 4 is 23.3 Å². The molecule has 1 heterocycles. The number of carbonyl (C=O) groups excluding carboxylic acids is 1. The quantitative estimate of drug-likeness (QED) is 0.656. The lowest BCUT2D eigenvalue weighted by atomic mass is 10.3. The Morgan fingerprint density at radius 1 is 1.30 bits per heavy atom. The van der Waals surface area contributed by atoms with Crippen molar-refractivity contribution in [2.45, 2.75) is 0 Å². The van der Waals surface area contributed by atoms with Gasteiger partial charge in [-0.1, -0.05) is 6.07 Å². The van der Waals surface area contributed by atoms with Crippen LogP contribution in [-0.4, -0.2) is 19.1 Å². The van der Waals surface area contributed by atoms with Crippen LogP contribution in [0.2, 0.25) is 0 Å². The second-order valence-corrected chi connectivity index (χ2v) is 4.92. The van der Waals surface area contributed by atoms with E-state index in [0.717, 1.165) is 4.88 Å². The lowest BCUT2D eigenvalue weighted by Gasteiger charge is -2.06. The van der Waals surface area contributed by atoms with Crippen molar-refractivity contribution < 1.29 is 13.9 Å². The molecule has 1 aromatic heterocycles. The van der Waals surface area contributed by atoms with Crippen LogP contribution in [0, 0.1) is 5.82 Å².